The van der Waals surface area contributed by atoms with E-state index in [4.69, 9.17) is 14.9 Å². The van der Waals surface area contributed by atoms with E-state index in [1.54, 1.807) is 0 Å². The molecule has 0 aliphatic rings. The molecule has 0 aliphatic carbocycles. The third-order valence-electron chi connectivity index (χ3n) is 2.61. The van der Waals surface area contributed by atoms with Crippen molar-refractivity contribution in [3.63, 3.8) is 0 Å². The number of aromatic nitrogens is 1. The van der Waals surface area contributed by atoms with Crippen LogP contribution in [0.4, 0.5) is 13.2 Å². The first kappa shape index (κ1) is 26.7. The standard InChI is InChI=1S/C13H19F3N2O2S.C4H4O4/c1-12(2,3)18-7-9(19)8-20-11-10(5-4-6-17-11)21-13(14,15)16;5-3(6)1-2-4(7)8/h4-6,9,18-19H,7-8H2,1-3H3;1-2H,(H,5,6)(H,7,8)/b;2-1-/t9-;/m0./s1. The maximum absolute atomic E-state index is 12.4. The Bertz CT molecular complexity index is 676. The number of halogens is 3. The Labute approximate surface area is 169 Å². The minimum Gasteiger partial charge on any atom is -0.478 e. The summed E-state index contributed by atoms with van der Waals surface area (Å²) < 4.78 is 42.4. The highest BCUT2D eigenvalue weighted by Gasteiger charge is 2.31. The number of carbonyl (C=O) groups is 2. The normalized spacial score (nSPS) is 12.8. The van der Waals surface area contributed by atoms with Gasteiger partial charge in [-0.1, -0.05) is 0 Å². The van der Waals surface area contributed by atoms with Gasteiger partial charge >= 0.3 is 17.4 Å². The molecular formula is C17H23F3N2O6S. The first-order chi connectivity index (χ1) is 13.2. The molecule has 0 bridgehead atoms. The van der Waals surface area contributed by atoms with Crippen molar-refractivity contribution in [2.75, 3.05) is 13.2 Å². The molecule has 0 spiro atoms. The highest BCUT2D eigenvalue weighted by molar-refractivity contribution is 8.00. The number of aliphatic hydroxyl groups excluding tert-OH is 1. The number of carboxylic acids is 2. The molecule has 0 aromatic carbocycles. The molecule has 164 valence electrons. The van der Waals surface area contributed by atoms with Crippen LogP contribution in [0.25, 0.3) is 0 Å². The number of hydrogen-bond donors (Lipinski definition) is 4. The number of thioether (sulfide) groups is 1. The first-order valence-electron chi connectivity index (χ1n) is 8.10. The fourth-order valence-corrected chi connectivity index (χ4v) is 2.08. The van der Waals surface area contributed by atoms with Crippen LogP contribution < -0.4 is 10.1 Å². The van der Waals surface area contributed by atoms with Crippen LogP contribution in [0.15, 0.2) is 35.4 Å². The summed E-state index contributed by atoms with van der Waals surface area (Å²) in [6.45, 7) is 5.97. The Morgan fingerprint density at radius 2 is 1.79 bits per heavy atom. The molecule has 0 saturated heterocycles. The Hall–Kier alpha value is -2.31. The molecule has 8 nitrogen and oxygen atoms in total. The molecule has 0 amide bonds. The van der Waals surface area contributed by atoms with Gasteiger partial charge in [0.05, 0.1) is 4.90 Å². The summed E-state index contributed by atoms with van der Waals surface area (Å²) in [5, 5.41) is 28.5. The fourth-order valence-electron chi connectivity index (χ4n) is 1.49. The second-order valence-corrected chi connectivity index (χ2v) is 7.57. The van der Waals surface area contributed by atoms with Crippen LogP contribution in [-0.2, 0) is 9.59 Å². The zero-order valence-corrected chi connectivity index (χ0v) is 16.8. The molecule has 1 aromatic heterocycles. The number of nitrogens with zero attached hydrogens (tertiary/aromatic N) is 1. The number of β-amino-alcohol motifs (C(OH)–C–C–N with tert-alkyl or cyclic N) is 1. The average Bonchev–Trinajstić information content (AvgIpc) is 2.56. The Morgan fingerprint density at radius 3 is 2.24 bits per heavy atom. The summed E-state index contributed by atoms with van der Waals surface area (Å²) in [5.74, 6) is -2.64. The van der Waals surface area contributed by atoms with Crippen LogP contribution in [0.5, 0.6) is 5.88 Å². The number of pyridine rings is 1. The van der Waals surface area contributed by atoms with Crippen LogP contribution in [0, 0.1) is 0 Å². The van der Waals surface area contributed by atoms with Crippen molar-refractivity contribution >= 4 is 23.7 Å². The molecule has 1 heterocycles. The van der Waals surface area contributed by atoms with Crippen LogP contribution in [0.3, 0.4) is 0 Å². The smallest absolute Gasteiger partial charge is 0.446 e. The van der Waals surface area contributed by atoms with E-state index in [2.05, 4.69) is 10.3 Å². The summed E-state index contributed by atoms with van der Waals surface area (Å²) in [7, 11) is 0. The van der Waals surface area contributed by atoms with Crippen molar-refractivity contribution in [3.8, 4) is 5.88 Å². The highest BCUT2D eigenvalue weighted by atomic mass is 32.2. The molecule has 1 rings (SSSR count). The number of aliphatic carboxylic acids is 2. The molecule has 4 N–H and O–H groups in total. The van der Waals surface area contributed by atoms with E-state index in [1.165, 1.54) is 18.3 Å². The monoisotopic (exact) mass is 440 g/mol. The van der Waals surface area contributed by atoms with Gasteiger partial charge in [0.25, 0.3) is 0 Å². The third kappa shape index (κ3) is 16.4. The molecular weight excluding hydrogens is 417 g/mol. The molecule has 0 saturated carbocycles. The van der Waals surface area contributed by atoms with Gasteiger partial charge in [-0.15, -0.1) is 0 Å². The summed E-state index contributed by atoms with van der Waals surface area (Å²) in [6.07, 6.45) is 1.62. The van der Waals surface area contributed by atoms with Gasteiger partial charge in [-0.25, -0.2) is 14.6 Å². The van der Waals surface area contributed by atoms with Gasteiger partial charge in [-0.05, 0) is 44.7 Å². The zero-order chi connectivity index (χ0) is 22.7. The van der Waals surface area contributed by atoms with E-state index in [-0.39, 0.29) is 41.2 Å². The first-order valence-corrected chi connectivity index (χ1v) is 8.92. The molecule has 0 unspecified atom stereocenters. The van der Waals surface area contributed by atoms with Crippen molar-refractivity contribution in [1.82, 2.24) is 10.3 Å². The lowest BCUT2D eigenvalue weighted by Crippen LogP contribution is -2.42. The lowest BCUT2D eigenvalue weighted by molar-refractivity contribution is -0.134. The lowest BCUT2D eigenvalue weighted by atomic mass is 10.1. The van der Waals surface area contributed by atoms with E-state index in [0.29, 0.717) is 12.2 Å². The van der Waals surface area contributed by atoms with Crippen molar-refractivity contribution in [1.29, 1.82) is 0 Å². The Balaban J connectivity index is 0.000000828. The molecule has 0 aliphatic heterocycles. The van der Waals surface area contributed by atoms with Crippen LogP contribution in [-0.4, -0.2) is 62.5 Å². The fraction of sp³-hybridized carbons (Fsp3) is 0.471. The number of aliphatic hydroxyl groups is 1. The predicted octanol–water partition coefficient (Wildman–Crippen LogP) is 2.53. The third-order valence-corrected chi connectivity index (χ3v) is 3.37. The summed E-state index contributed by atoms with van der Waals surface area (Å²) in [5.41, 5.74) is -4.57. The minimum atomic E-state index is -4.41. The maximum Gasteiger partial charge on any atom is 0.446 e. The van der Waals surface area contributed by atoms with Gasteiger partial charge in [0.1, 0.15) is 12.7 Å². The molecule has 12 heteroatoms. The van der Waals surface area contributed by atoms with Crippen molar-refractivity contribution < 1.29 is 42.8 Å². The van der Waals surface area contributed by atoms with E-state index in [0.717, 1.165) is 0 Å². The van der Waals surface area contributed by atoms with Gasteiger partial charge in [0.2, 0.25) is 5.88 Å². The summed E-state index contributed by atoms with van der Waals surface area (Å²) >= 11 is -0.288. The van der Waals surface area contributed by atoms with Gasteiger partial charge in [0.15, 0.2) is 0 Å². The number of rotatable bonds is 8. The number of carboxylic acid groups (broad SMARTS) is 2. The van der Waals surface area contributed by atoms with Crippen LogP contribution in [0.1, 0.15) is 20.8 Å². The van der Waals surface area contributed by atoms with Gasteiger partial charge in [-0.3, -0.25) is 0 Å². The lowest BCUT2D eigenvalue weighted by Gasteiger charge is -2.23. The SMILES string of the molecule is CC(C)(C)NC[C@H](O)COc1ncccc1SC(F)(F)F.O=C(O)/C=C\C(=O)O. The molecule has 0 fully saturated rings. The predicted molar refractivity (Wildman–Crippen MR) is 99.8 cm³/mol. The van der Waals surface area contributed by atoms with Crippen molar-refractivity contribution in [2.45, 2.75) is 42.8 Å². The largest absolute Gasteiger partial charge is 0.478 e. The molecule has 0 radical (unpaired) electrons. The van der Waals surface area contributed by atoms with Crippen molar-refractivity contribution in [2.24, 2.45) is 0 Å². The number of hydrogen-bond acceptors (Lipinski definition) is 7. The summed E-state index contributed by atoms with van der Waals surface area (Å²) in [6, 6.07) is 2.68. The topological polar surface area (TPSA) is 129 Å². The number of alkyl halides is 3. The summed E-state index contributed by atoms with van der Waals surface area (Å²) in [4.78, 5) is 22.8. The zero-order valence-electron chi connectivity index (χ0n) is 15.9. The Kier molecular flexibility index (Phi) is 11.3. The van der Waals surface area contributed by atoms with Crippen LogP contribution in [0.2, 0.25) is 0 Å². The maximum atomic E-state index is 12.4. The van der Waals surface area contributed by atoms with E-state index < -0.39 is 23.6 Å². The minimum absolute atomic E-state index is 0.124. The average molecular weight is 440 g/mol. The van der Waals surface area contributed by atoms with E-state index in [1.807, 2.05) is 20.8 Å². The second kappa shape index (κ2) is 12.3. The van der Waals surface area contributed by atoms with E-state index >= 15 is 0 Å². The highest BCUT2D eigenvalue weighted by Crippen LogP contribution is 2.40. The van der Waals surface area contributed by atoms with Gasteiger partial charge in [-0.2, -0.15) is 13.2 Å². The molecule has 1 aromatic rings. The number of nitrogens with one attached hydrogen (secondary N) is 1. The molecule has 1 atom stereocenters. The van der Waals surface area contributed by atoms with Gasteiger partial charge < -0.3 is 25.4 Å². The van der Waals surface area contributed by atoms with Gasteiger partial charge in [0, 0.05) is 30.4 Å². The second-order valence-electron chi connectivity index (χ2n) is 6.46. The van der Waals surface area contributed by atoms with Crippen molar-refractivity contribution in [3.05, 3.63) is 30.5 Å². The Morgan fingerprint density at radius 1 is 1.24 bits per heavy atom. The quantitative estimate of drug-likeness (QED) is 0.356. The van der Waals surface area contributed by atoms with Crippen LogP contribution >= 0.6 is 11.8 Å². The molecule has 29 heavy (non-hydrogen) atoms. The number of ether oxygens (including phenoxy) is 1. The van der Waals surface area contributed by atoms with E-state index in [9.17, 15) is 27.9 Å².